The van der Waals surface area contributed by atoms with Crippen molar-refractivity contribution in [1.82, 2.24) is 0 Å². The maximum absolute atomic E-state index is 11.2. The highest BCUT2D eigenvalue weighted by atomic mass is 32.2. The monoisotopic (exact) mass is 282 g/mol. The van der Waals surface area contributed by atoms with Gasteiger partial charge >= 0.3 is 5.97 Å². The summed E-state index contributed by atoms with van der Waals surface area (Å²) in [5, 5.41) is 9.24. The molecule has 102 valence electrons. The second-order valence-corrected chi connectivity index (χ2v) is 7.39. The van der Waals surface area contributed by atoms with Crippen LogP contribution in [0.4, 0.5) is 0 Å². The van der Waals surface area contributed by atoms with Gasteiger partial charge in [0.2, 0.25) is 0 Å². The van der Waals surface area contributed by atoms with E-state index in [1.165, 1.54) is 0 Å². The normalized spacial score (nSPS) is 23.4. The summed E-state index contributed by atoms with van der Waals surface area (Å²) in [6.45, 7) is 0. The fraction of sp³-hybridized carbons (Fsp3) is 0.462. The molecule has 1 N–H and O–H groups in total. The van der Waals surface area contributed by atoms with E-state index in [0.29, 0.717) is 18.6 Å². The first kappa shape index (κ1) is 12.5. The molecule has 1 aromatic carbocycles. The molecule has 1 aromatic rings. The molecule has 0 bridgehead atoms. The molecule has 1 aliphatic carbocycles. The summed E-state index contributed by atoms with van der Waals surface area (Å²) in [5.41, 5.74) is -0.0231. The Morgan fingerprint density at radius 1 is 1.32 bits per heavy atom. The quantitative estimate of drug-likeness (QED) is 0.890. The molecule has 0 unspecified atom stereocenters. The van der Waals surface area contributed by atoms with Crippen molar-refractivity contribution in [3.63, 3.8) is 0 Å². The lowest BCUT2D eigenvalue weighted by Crippen LogP contribution is -2.45. The fourth-order valence-electron chi connectivity index (χ4n) is 2.40. The van der Waals surface area contributed by atoms with Crippen LogP contribution in [-0.2, 0) is 20.0 Å². The lowest BCUT2D eigenvalue weighted by atomic mass is 9.96. The van der Waals surface area contributed by atoms with Crippen LogP contribution >= 0.6 is 0 Å². The highest BCUT2D eigenvalue weighted by molar-refractivity contribution is 7.92. The molecule has 0 atom stereocenters. The average molecular weight is 282 g/mol. The second kappa shape index (κ2) is 3.96. The van der Waals surface area contributed by atoms with E-state index in [1.807, 2.05) is 0 Å². The van der Waals surface area contributed by atoms with Crippen molar-refractivity contribution in [2.75, 3.05) is 11.5 Å². The third-order valence-electron chi connectivity index (χ3n) is 3.73. The number of hydrogen-bond acceptors (Lipinski definition) is 4. The van der Waals surface area contributed by atoms with Gasteiger partial charge in [0.05, 0.1) is 16.9 Å². The Kier molecular flexibility index (Phi) is 2.60. The van der Waals surface area contributed by atoms with E-state index in [-0.39, 0.29) is 17.6 Å². The lowest BCUT2D eigenvalue weighted by Gasteiger charge is -2.26. The van der Waals surface area contributed by atoms with Crippen molar-refractivity contribution in [1.29, 1.82) is 0 Å². The average Bonchev–Trinajstić information content (AvgIpc) is 3.08. The van der Waals surface area contributed by atoms with Crippen LogP contribution in [-0.4, -0.2) is 37.1 Å². The minimum absolute atomic E-state index is 0.0430. The first-order valence-corrected chi connectivity index (χ1v) is 7.94. The van der Waals surface area contributed by atoms with Crippen LogP contribution in [0.1, 0.15) is 18.4 Å². The molecule has 0 radical (unpaired) electrons. The standard InChI is InChI=1S/C13H14O5S/c14-12(15)13(4-5-13)9-2-1-3-10(6-9)18-11-7-19(16,17)8-11/h1-3,6,11H,4-5,7-8H2,(H,14,15). The van der Waals surface area contributed by atoms with Crippen LogP contribution < -0.4 is 4.74 Å². The molecule has 19 heavy (non-hydrogen) atoms. The summed E-state index contributed by atoms with van der Waals surface area (Å²) in [5.74, 6) is -0.177. The Morgan fingerprint density at radius 3 is 2.53 bits per heavy atom. The zero-order valence-electron chi connectivity index (χ0n) is 10.2. The molecule has 1 heterocycles. The number of carboxylic acid groups (broad SMARTS) is 1. The van der Waals surface area contributed by atoms with Crippen molar-refractivity contribution in [2.45, 2.75) is 24.4 Å². The summed E-state index contributed by atoms with van der Waals surface area (Å²) >= 11 is 0. The third-order valence-corrected chi connectivity index (χ3v) is 5.49. The number of carbonyl (C=O) groups is 1. The number of carboxylic acids is 1. The van der Waals surface area contributed by atoms with Crippen LogP contribution in [0.3, 0.4) is 0 Å². The molecule has 1 saturated heterocycles. The van der Waals surface area contributed by atoms with Gasteiger partial charge in [0.15, 0.2) is 9.84 Å². The first-order chi connectivity index (χ1) is 8.91. The maximum atomic E-state index is 11.2. The minimum atomic E-state index is -2.91. The van der Waals surface area contributed by atoms with Crippen LogP contribution in [0.2, 0.25) is 0 Å². The summed E-state index contributed by atoms with van der Waals surface area (Å²) in [6.07, 6.45) is 0.980. The molecule has 6 heteroatoms. The third kappa shape index (κ3) is 2.20. The van der Waals surface area contributed by atoms with Crippen LogP contribution in [0.5, 0.6) is 5.75 Å². The number of rotatable bonds is 4. The molecule has 1 aliphatic heterocycles. The van der Waals surface area contributed by atoms with E-state index in [4.69, 9.17) is 4.74 Å². The van der Waals surface area contributed by atoms with Crippen LogP contribution in [0, 0.1) is 0 Å². The van der Waals surface area contributed by atoms with E-state index in [0.717, 1.165) is 5.56 Å². The SMILES string of the molecule is O=C(O)C1(c2cccc(OC3CS(=O)(=O)C3)c2)CC1. The van der Waals surface area contributed by atoms with E-state index in [9.17, 15) is 18.3 Å². The zero-order valence-corrected chi connectivity index (χ0v) is 11.0. The smallest absolute Gasteiger partial charge is 0.314 e. The predicted molar refractivity (Wildman–Crippen MR) is 68.1 cm³/mol. The number of sulfone groups is 1. The Hall–Kier alpha value is -1.56. The predicted octanol–water partition coefficient (Wildman–Crippen LogP) is 0.979. The fourth-order valence-corrected chi connectivity index (χ4v) is 3.57. The van der Waals surface area contributed by atoms with E-state index >= 15 is 0 Å². The Morgan fingerprint density at radius 2 is 2.00 bits per heavy atom. The van der Waals surface area contributed by atoms with Gasteiger partial charge in [-0.05, 0) is 30.5 Å². The molecular weight excluding hydrogens is 268 g/mol. The van der Waals surface area contributed by atoms with E-state index in [2.05, 4.69) is 0 Å². The van der Waals surface area contributed by atoms with Crippen LogP contribution in [0.25, 0.3) is 0 Å². The molecular formula is C13H14O5S. The molecule has 0 amide bonds. The van der Waals surface area contributed by atoms with Crippen molar-refractivity contribution in [3.8, 4) is 5.75 Å². The molecule has 0 aromatic heterocycles. The minimum Gasteiger partial charge on any atom is -0.488 e. The number of aliphatic carboxylic acids is 1. The summed E-state index contributed by atoms with van der Waals surface area (Å²) in [7, 11) is -2.91. The lowest BCUT2D eigenvalue weighted by molar-refractivity contribution is -0.140. The van der Waals surface area contributed by atoms with E-state index < -0.39 is 21.2 Å². The largest absolute Gasteiger partial charge is 0.488 e. The van der Waals surface area contributed by atoms with Gasteiger partial charge < -0.3 is 9.84 Å². The highest BCUT2D eigenvalue weighted by Crippen LogP contribution is 2.49. The molecule has 1 saturated carbocycles. The van der Waals surface area contributed by atoms with Crippen molar-refractivity contribution >= 4 is 15.8 Å². The van der Waals surface area contributed by atoms with Gasteiger partial charge in [-0.25, -0.2) is 8.42 Å². The molecule has 2 fully saturated rings. The van der Waals surface area contributed by atoms with E-state index in [1.54, 1.807) is 24.3 Å². The molecule has 0 spiro atoms. The van der Waals surface area contributed by atoms with Gasteiger partial charge in [-0.3, -0.25) is 4.79 Å². The Bertz CT molecular complexity index is 618. The van der Waals surface area contributed by atoms with Gasteiger partial charge in [0.1, 0.15) is 11.9 Å². The molecule has 3 rings (SSSR count). The summed E-state index contributed by atoms with van der Waals surface area (Å²) in [4.78, 5) is 11.2. The van der Waals surface area contributed by atoms with Gasteiger partial charge in [-0.1, -0.05) is 12.1 Å². The van der Waals surface area contributed by atoms with Gasteiger partial charge in [-0.15, -0.1) is 0 Å². The number of hydrogen-bond donors (Lipinski definition) is 1. The number of benzene rings is 1. The maximum Gasteiger partial charge on any atom is 0.314 e. The summed E-state index contributed by atoms with van der Waals surface area (Å²) in [6, 6.07) is 6.98. The van der Waals surface area contributed by atoms with Crippen LogP contribution in [0.15, 0.2) is 24.3 Å². The highest BCUT2D eigenvalue weighted by Gasteiger charge is 2.51. The Labute approximate surface area is 111 Å². The van der Waals surface area contributed by atoms with Crippen molar-refractivity contribution in [2.24, 2.45) is 0 Å². The zero-order chi connectivity index (χ0) is 13.7. The first-order valence-electron chi connectivity index (χ1n) is 6.12. The summed E-state index contributed by atoms with van der Waals surface area (Å²) < 4.78 is 27.7. The number of ether oxygens (including phenoxy) is 1. The molecule has 5 nitrogen and oxygen atoms in total. The Balaban J connectivity index is 1.76. The van der Waals surface area contributed by atoms with Gasteiger partial charge in [0.25, 0.3) is 0 Å². The molecule has 2 aliphatic rings. The van der Waals surface area contributed by atoms with Crippen molar-refractivity contribution < 1.29 is 23.1 Å². The second-order valence-electron chi connectivity index (χ2n) is 5.23. The van der Waals surface area contributed by atoms with Gasteiger partial charge in [0, 0.05) is 0 Å². The van der Waals surface area contributed by atoms with Crippen molar-refractivity contribution in [3.05, 3.63) is 29.8 Å². The van der Waals surface area contributed by atoms with Gasteiger partial charge in [-0.2, -0.15) is 0 Å². The topological polar surface area (TPSA) is 80.7 Å².